The third-order valence-corrected chi connectivity index (χ3v) is 4.78. The molecule has 0 saturated carbocycles. The van der Waals surface area contributed by atoms with E-state index in [1.807, 2.05) is 12.2 Å². The van der Waals surface area contributed by atoms with E-state index in [-0.39, 0.29) is 5.25 Å². The molecule has 2 N–H and O–H groups in total. The fourth-order valence-corrected chi connectivity index (χ4v) is 3.01. The SMILES string of the molecule is NC/C=C/c1ccc(S(=O)(=O)C2COC2)cc1. The van der Waals surface area contributed by atoms with Crippen molar-refractivity contribution in [2.45, 2.75) is 10.1 Å². The van der Waals surface area contributed by atoms with E-state index < -0.39 is 9.84 Å². The van der Waals surface area contributed by atoms with Crippen molar-refractivity contribution in [1.82, 2.24) is 0 Å². The molecule has 1 saturated heterocycles. The largest absolute Gasteiger partial charge is 0.379 e. The van der Waals surface area contributed by atoms with Crippen molar-refractivity contribution < 1.29 is 13.2 Å². The van der Waals surface area contributed by atoms with Gasteiger partial charge in [0.1, 0.15) is 5.25 Å². The molecule has 0 unspecified atom stereocenters. The summed E-state index contributed by atoms with van der Waals surface area (Å²) in [5.41, 5.74) is 6.29. The molecule has 0 radical (unpaired) electrons. The smallest absolute Gasteiger partial charge is 0.185 e. The molecule has 0 aromatic heterocycles. The van der Waals surface area contributed by atoms with E-state index in [9.17, 15) is 8.42 Å². The van der Waals surface area contributed by atoms with Crippen LogP contribution in [0.2, 0.25) is 0 Å². The van der Waals surface area contributed by atoms with Crippen LogP contribution >= 0.6 is 0 Å². The van der Waals surface area contributed by atoms with Crippen molar-refractivity contribution in [2.24, 2.45) is 5.73 Å². The molecule has 4 nitrogen and oxygen atoms in total. The number of ether oxygens (including phenoxy) is 1. The van der Waals surface area contributed by atoms with Gasteiger partial charge in [-0.3, -0.25) is 0 Å². The second kappa shape index (κ2) is 5.00. The van der Waals surface area contributed by atoms with Crippen LogP contribution in [0.3, 0.4) is 0 Å². The van der Waals surface area contributed by atoms with Crippen molar-refractivity contribution >= 4 is 15.9 Å². The zero-order valence-electron chi connectivity index (χ0n) is 9.37. The number of sulfone groups is 1. The highest BCUT2D eigenvalue weighted by Gasteiger charge is 2.33. The molecule has 1 fully saturated rings. The molecule has 0 bridgehead atoms. The zero-order chi connectivity index (χ0) is 12.3. The van der Waals surface area contributed by atoms with Crippen LogP contribution in [-0.4, -0.2) is 33.4 Å². The molecule has 1 heterocycles. The Balaban J connectivity index is 2.20. The van der Waals surface area contributed by atoms with Crippen LogP contribution < -0.4 is 5.73 Å². The molecular formula is C12H15NO3S. The van der Waals surface area contributed by atoms with Crippen LogP contribution in [0.25, 0.3) is 6.08 Å². The Morgan fingerprint density at radius 3 is 2.41 bits per heavy atom. The van der Waals surface area contributed by atoms with Gasteiger partial charge in [-0.2, -0.15) is 0 Å². The van der Waals surface area contributed by atoms with Gasteiger partial charge < -0.3 is 10.5 Å². The summed E-state index contributed by atoms with van der Waals surface area (Å²) >= 11 is 0. The number of nitrogens with two attached hydrogens (primary N) is 1. The summed E-state index contributed by atoms with van der Waals surface area (Å²) in [7, 11) is -3.21. The molecular weight excluding hydrogens is 238 g/mol. The van der Waals surface area contributed by atoms with Crippen molar-refractivity contribution in [1.29, 1.82) is 0 Å². The number of hydrogen-bond donors (Lipinski definition) is 1. The van der Waals surface area contributed by atoms with Gasteiger partial charge in [0.25, 0.3) is 0 Å². The third kappa shape index (κ3) is 2.57. The van der Waals surface area contributed by atoms with Crippen LogP contribution in [0.15, 0.2) is 35.2 Å². The standard InChI is InChI=1S/C12H15NO3S/c13-7-1-2-10-3-5-11(6-4-10)17(14,15)12-8-16-9-12/h1-6,12H,7-9,13H2/b2-1+. The van der Waals surface area contributed by atoms with E-state index in [1.165, 1.54) is 0 Å². The molecule has 17 heavy (non-hydrogen) atoms. The van der Waals surface area contributed by atoms with Gasteiger partial charge in [-0.1, -0.05) is 24.3 Å². The quantitative estimate of drug-likeness (QED) is 0.863. The minimum absolute atomic E-state index is 0.303. The molecule has 1 aliphatic heterocycles. The lowest BCUT2D eigenvalue weighted by Crippen LogP contribution is -2.40. The van der Waals surface area contributed by atoms with Crippen molar-refractivity contribution in [3.63, 3.8) is 0 Å². The second-order valence-electron chi connectivity index (χ2n) is 3.91. The first kappa shape index (κ1) is 12.3. The Kier molecular flexibility index (Phi) is 3.61. The first-order chi connectivity index (χ1) is 8.14. The van der Waals surface area contributed by atoms with Crippen LogP contribution in [0.4, 0.5) is 0 Å². The monoisotopic (exact) mass is 253 g/mol. The van der Waals surface area contributed by atoms with Gasteiger partial charge in [0.2, 0.25) is 0 Å². The topological polar surface area (TPSA) is 69.4 Å². The van der Waals surface area contributed by atoms with Crippen LogP contribution in [0.1, 0.15) is 5.56 Å². The summed E-state index contributed by atoms with van der Waals surface area (Å²) in [6.07, 6.45) is 3.69. The summed E-state index contributed by atoms with van der Waals surface area (Å²) in [6.45, 7) is 1.08. The molecule has 0 amide bonds. The van der Waals surface area contributed by atoms with E-state index in [0.29, 0.717) is 24.7 Å². The van der Waals surface area contributed by atoms with Gasteiger partial charge in [0.05, 0.1) is 18.1 Å². The number of rotatable bonds is 4. The van der Waals surface area contributed by atoms with E-state index in [2.05, 4.69) is 0 Å². The Morgan fingerprint density at radius 1 is 1.29 bits per heavy atom. The fourth-order valence-electron chi connectivity index (χ4n) is 1.56. The average molecular weight is 253 g/mol. The lowest BCUT2D eigenvalue weighted by molar-refractivity contribution is 0.0416. The maximum atomic E-state index is 12.0. The lowest BCUT2D eigenvalue weighted by atomic mass is 10.2. The highest BCUT2D eigenvalue weighted by atomic mass is 32.2. The molecule has 5 heteroatoms. The zero-order valence-corrected chi connectivity index (χ0v) is 10.2. The molecule has 0 spiro atoms. The summed E-state index contributed by atoms with van der Waals surface area (Å²) < 4.78 is 29.0. The molecule has 0 aliphatic carbocycles. The maximum Gasteiger partial charge on any atom is 0.185 e. The predicted molar refractivity (Wildman–Crippen MR) is 66.3 cm³/mol. The van der Waals surface area contributed by atoms with Gasteiger partial charge in [-0.15, -0.1) is 0 Å². The third-order valence-electron chi connectivity index (χ3n) is 2.70. The Bertz CT molecular complexity index is 501. The number of hydrogen-bond acceptors (Lipinski definition) is 4. The van der Waals surface area contributed by atoms with Crippen LogP contribution in [0.5, 0.6) is 0 Å². The highest BCUT2D eigenvalue weighted by molar-refractivity contribution is 7.92. The molecule has 92 valence electrons. The fraction of sp³-hybridized carbons (Fsp3) is 0.333. The van der Waals surface area contributed by atoms with Gasteiger partial charge in [-0.25, -0.2) is 8.42 Å². The van der Waals surface area contributed by atoms with Crippen molar-refractivity contribution in [2.75, 3.05) is 19.8 Å². The normalized spacial score (nSPS) is 17.2. The van der Waals surface area contributed by atoms with Crippen molar-refractivity contribution in [3.8, 4) is 0 Å². The molecule has 0 atom stereocenters. The molecule has 1 aromatic rings. The van der Waals surface area contributed by atoms with Crippen molar-refractivity contribution in [3.05, 3.63) is 35.9 Å². The summed E-state index contributed by atoms with van der Waals surface area (Å²) in [5.74, 6) is 0. The summed E-state index contributed by atoms with van der Waals surface area (Å²) in [4.78, 5) is 0.357. The molecule has 1 aromatic carbocycles. The van der Waals surface area contributed by atoms with Gasteiger partial charge >= 0.3 is 0 Å². The van der Waals surface area contributed by atoms with E-state index in [1.54, 1.807) is 24.3 Å². The first-order valence-corrected chi connectivity index (χ1v) is 6.97. The summed E-state index contributed by atoms with van der Waals surface area (Å²) in [6, 6.07) is 6.81. The van der Waals surface area contributed by atoms with E-state index in [0.717, 1.165) is 5.56 Å². The van der Waals surface area contributed by atoms with Gasteiger partial charge in [0, 0.05) is 6.54 Å². The van der Waals surface area contributed by atoms with E-state index in [4.69, 9.17) is 10.5 Å². The lowest BCUT2D eigenvalue weighted by Gasteiger charge is -2.25. The maximum absolute atomic E-state index is 12.0. The predicted octanol–water partition coefficient (Wildman–Crippen LogP) is 0.831. The minimum atomic E-state index is -3.21. The Hall–Kier alpha value is -1.17. The van der Waals surface area contributed by atoms with Gasteiger partial charge in [-0.05, 0) is 17.7 Å². The number of benzene rings is 1. The Morgan fingerprint density at radius 2 is 1.94 bits per heavy atom. The van der Waals surface area contributed by atoms with E-state index >= 15 is 0 Å². The Labute approximate surface area is 101 Å². The molecule has 1 aliphatic rings. The molecule has 2 rings (SSSR count). The highest BCUT2D eigenvalue weighted by Crippen LogP contribution is 2.21. The average Bonchev–Trinajstić information content (AvgIpc) is 2.24. The minimum Gasteiger partial charge on any atom is -0.379 e. The van der Waals surface area contributed by atoms with Crippen LogP contribution in [0, 0.1) is 0 Å². The first-order valence-electron chi connectivity index (χ1n) is 5.43. The van der Waals surface area contributed by atoms with Gasteiger partial charge in [0.15, 0.2) is 9.84 Å². The summed E-state index contributed by atoms with van der Waals surface area (Å²) in [5, 5.41) is -0.382. The van der Waals surface area contributed by atoms with Crippen LogP contribution in [-0.2, 0) is 14.6 Å². The second-order valence-corrected chi connectivity index (χ2v) is 6.14.